The van der Waals surface area contributed by atoms with Gasteiger partial charge in [-0.1, -0.05) is 43.8 Å². The molecule has 1 atom stereocenters. The number of ether oxygens (including phenoxy) is 2. The van der Waals surface area contributed by atoms with Crippen molar-refractivity contribution in [2.24, 2.45) is 0 Å². The lowest BCUT2D eigenvalue weighted by molar-refractivity contribution is 0.0939. The molecule has 0 aliphatic carbocycles. The molecule has 0 fully saturated rings. The Morgan fingerprint density at radius 3 is 2.59 bits per heavy atom. The van der Waals surface area contributed by atoms with E-state index in [9.17, 15) is 4.79 Å². The Kier molecular flexibility index (Phi) is 5.41. The average Bonchev–Trinajstić information content (AvgIpc) is 3.16. The standard InChI is InChI=1S/C21H18N2O3.CH4/c1-14(15-5-3-2-4-6-15)23-21(24)18-9-17(11-22-12-18)16-7-8-19-20(10-16)26-13-25-19;/h2-12,14H,13H2,1H3,(H,23,24);1H4/t14-;/m1./s1. The molecule has 2 heterocycles. The highest BCUT2D eigenvalue weighted by molar-refractivity contribution is 5.95. The largest absolute Gasteiger partial charge is 0.454 e. The number of hydrogen-bond donors (Lipinski definition) is 1. The van der Waals surface area contributed by atoms with Gasteiger partial charge in [0.15, 0.2) is 11.5 Å². The maximum absolute atomic E-state index is 12.6. The fourth-order valence-electron chi connectivity index (χ4n) is 2.90. The number of nitrogens with zero attached hydrogens (tertiary/aromatic N) is 1. The molecule has 138 valence electrons. The molecule has 0 saturated carbocycles. The predicted molar refractivity (Wildman–Crippen MR) is 105 cm³/mol. The average molecular weight is 362 g/mol. The van der Waals surface area contributed by atoms with Gasteiger partial charge in [0.05, 0.1) is 11.6 Å². The quantitative estimate of drug-likeness (QED) is 0.737. The highest BCUT2D eigenvalue weighted by Gasteiger charge is 2.16. The summed E-state index contributed by atoms with van der Waals surface area (Å²) in [5.74, 6) is 1.28. The molecule has 0 unspecified atom stereocenters. The zero-order valence-corrected chi connectivity index (χ0v) is 14.3. The van der Waals surface area contributed by atoms with Gasteiger partial charge in [-0.05, 0) is 36.2 Å². The van der Waals surface area contributed by atoms with Crippen molar-refractivity contribution >= 4 is 5.91 Å². The summed E-state index contributed by atoms with van der Waals surface area (Å²) in [6.07, 6.45) is 3.30. The van der Waals surface area contributed by atoms with Crippen LogP contribution in [0.4, 0.5) is 0 Å². The molecule has 2 aromatic carbocycles. The normalized spacial score (nSPS) is 12.8. The first-order chi connectivity index (χ1) is 12.7. The van der Waals surface area contributed by atoms with Crippen molar-refractivity contribution < 1.29 is 14.3 Å². The zero-order valence-electron chi connectivity index (χ0n) is 14.3. The smallest absolute Gasteiger partial charge is 0.253 e. The van der Waals surface area contributed by atoms with Gasteiger partial charge >= 0.3 is 0 Å². The Morgan fingerprint density at radius 1 is 1.00 bits per heavy atom. The topological polar surface area (TPSA) is 60.5 Å². The molecule has 0 spiro atoms. The monoisotopic (exact) mass is 362 g/mol. The van der Waals surface area contributed by atoms with Crippen LogP contribution in [0.2, 0.25) is 0 Å². The molecule has 0 radical (unpaired) electrons. The molecule has 5 heteroatoms. The van der Waals surface area contributed by atoms with Crippen LogP contribution in [0.5, 0.6) is 11.5 Å². The summed E-state index contributed by atoms with van der Waals surface area (Å²) in [6, 6.07) is 17.3. The van der Waals surface area contributed by atoms with Crippen LogP contribution in [0.3, 0.4) is 0 Å². The van der Waals surface area contributed by atoms with Crippen LogP contribution >= 0.6 is 0 Å². The van der Waals surface area contributed by atoms with Gasteiger partial charge in [0, 0.05) is 18.0 Å². The van der Waals surface area contributed by atoms with Gasteiger partial charge in [-0.15, -0.1) is 0 Å². The summed E-state index contributed by atoms with van der Waals surface area (Å²) >= 11 is 0. The SMILES string of the molecule is C.C[C@@H](NC(=O)c1cncc(-c2ccc3c(c2)OCO3)c1)c1ccccc1. The second-order valence-corrected chi connectivity index (χ2v) is 6.14. The highest BCUT2D eigenvalue weighted by atomic mass is 16.7. The van der Waals surface area contributed by atoms with E-state index in [0.717, 1.165) is 22.4 Å². The molecular formula is C22H22N2O3. The minimum Gasteiger partial charge on any atom is -0.454 e. The molecule has 1 aliphatic heterocycles. The van der Waals surface area contributed by atoms with E-state index in [1.165, 1.54) is 0 Å². The Labute approximate surface area is 159 Å². The van der Waals surface area contributed by atoms with Gasteiger partial charge in [-0.2, -0.15) is 0 Å². The van der Waals surface area contributed by atoms with E-state index in [0.29, 0.717) is 11.3 Å². The fourth-order valence-corrected chi connectivity index (χ4v) is 2.90. The summed E-state index contributed by atoms with van der Waals surface area (Å²) in [7, 11) is 0. The fraction of sp³-hybridized carbons (Fsp3) is 0.182. The number of amides is 1. The second kappa shape index (κ2) is 7.91. The van der Waals surface area contributed by atoms with E-state index in [4.69, 9.17) is 9.47 Å². The number of benzene rings is 2. The lowest BCUT2D eigenvalue weighted by Crippen LogP contribution is -2.26. The van der Waals surface area contributed by atoms with Crippen molar-refractivity contribution in [3.05, 3.63) is 78.1 Å². The third kappa shape index (κ3) is 3.92. The van der Waals surface area contributed by atoms with Crippen molar-refractivity contribution in [3.63, 3.8) is 0 Å². The lowest BCUT2D eigenvalue weighted by atomic mass is 10.0. The molecule has 4 rings (SSSR count). The number of pyridine rings is 1. The number of fused-ring (bicyclic) bond motifs is 1. The summed E-state index contributed by atoms with van der Waals surface area (Å²) in [6.45, 7) is 2.19. The summed E-state index contributed by atoms with van der Waals surface area (Å²) in [5.41, 5.74) is 3.35. The lowest BCUT2D eigenvalue weighted by Gasteiger charge is -2.14. The van der Waals surface area contributed by atoms with E-state index in [1.54, 1.807) is 12.4 Å². The Balaban J connectivity index is 0.00000210. The molecule has 1 N–H and O–H groups in total. The molecule has 0 bridgehead atoms. The van der Waals surface area contributed by atoms with Crippen molar-refractivity contribution in [1.29, 1.82) is 0 Å². The van der Waals surface area contributed by atoms with Crippen LogP contribution in [0.1, 0.15) is 36.3 Å². The molecule has 3 aromatic rings. The number of aromatic nitrogens is 1. The molecule has 5 nitrogen and oxygen atoms in total. The third-order valence-electron chi connectivity index (χ3n) is 4.35. The van der Waals surface area contributed by atoms with Crippen molar-refractivity contribution in [3.8, 4) is 22.6 Å². The van der Waals surface area contributed by atoms with E-state index in [2.05, 4.69) is 10.3 Å². The van der Waals surface area contributed by atoms with Gasteiger partial charge in [0.2, 0.25) is 6.79 Å². The van der Waals surface area contributed by atoms with Crippen LogP contribution in [0.25, 0.3) is 11.1 Å². The number of rotatable bonds is 4. The molecule has 27 heavy (non-hydrogen) atoms. The van der Waals surface area contributed by atoms with Gasteiger partial charge < -0.3 is 14.8 Å². The van der Waals surface area contributed by atoms with E-state index in [-0.39, 0.29) is 26.2 Å². The second-order valence-electron chi connectivity index (χ2n) is 6.14. The summed E-state index contributed by atoms with van der Waals surface area (Å²) in [4.78, 5) is 16.8. The van der Waals surface area contributed by atoms with Crippen LogP contribution in [0, 0.1) is 0 Å². The first-order valence-electron chi connectivity index (χ1n) is 8.41. The maximum atomic E-state index is 12.6. The van der Waals surface area contributed by atoms with Crippen molar-refractivity contribution in [2.45, 2.75) is 20.4 Å². The van der Waals surface area contributed by atoms with Crippen LogP contribution in [-0.4, -0.2) is 17.7 Å². The van der Waals surface area contributed by atoms with Gasteiger partial charge in [-0.3, -0.25) is 9.78 Å². The first kappa shape index (κ1) is 18.5. The molecule has 0 saturated heterocycles. The van der Waals surface area contributed by atoms with Crippen molar-refractivity contribution in [1.82, 2.24) is 10.3 Å². The Hall–Kier alpha value is -3.34. The summed E-state index contributed by atoms with van der Waals surface area (Å²) in [5, 5.41) is 3.01. The van der Waals surface area contributed by atoms with E-state index < -0.39 is 0 Å². The number of carbonyl (C=O) groups excluding carboxylic acids is 1. The Morgan fingerprint density at radius 2 is 1.78 bits per heavy atom. The van der Waals surface area contributed by atoms with Gasteiger partial charge in [0.25, 0.3) is 5.91 Å². The van der Waals surface area contributed by atoms with Crippen LogP contribution in [-0.2, 0) is 0 Å². The van der Waals surface area contributed by atoms with Crippen LogP contribution in [0.15, 0.2) is 67.0 Å². The van der Waals surface area contributed by atoms with Crippen LogP contribution < -0.4 is 14.8 Å². The van der Waals surface area contributed by atoms with E-state index >= 15 is 0 Å². The molecule has 1 amide bonds. The minimum absolute atomic E-state index is 0. The molecular weight excluding hydrogens is 340 g/mol. The molecule has 1 aromatic heterocycles. The minimum atomic E-state index is -0.156. The highest BCUT2D eigenvalue weighted by Crippen LogP contribution is 2.35. The summed E-state index contributed by atoms with van der Waals surface area (Å²) < 4.78 is 10.8. The van der Waals surface area contributed by atoms with Crippen molar-refractivity contribution in [2.75, 3.05) is 6.79 Å². The maximum Gasteiger partial charge on any atom is 0.253 e. The molecule has 1 aliphatic rings. The first-order valence-corrected chi connectivity index (χ1v) is 8.41. The number of nitrogens with one attached hydrogen (secondary N) is 1. The Bertz CT molecular complexity index is 941. The third-order valence-corrected chi connectivity index (χ3v) is 4.35. The van der Waals surface area contributed by atoms with E-state index in [1.807, 2.05) is 61.5 Å². The van der Waals surface area contributed by atoms with Gasteiger partial charge in [-0.25, -0.2) is 0 Å². The predicted octanol–water partition coefficient (Wildman–Crippen LogP) is 4.60. The van der Waals surface area contributed by atoms with Gasteiger partial charge in [0.1, 0.15) is 0 Å². The zero-order chi connectivity index (χ0) is 17.9. The number of hydrogen-bond acceptors (Lipinski definition) is 4. The number of carbonyl (C=O) groups is 1.